The Bertz CT molecular complexity index is 1010. The third-order valence-corrected chi connectivity index (χ3v) is 6.44. The van der Waals surface area contributed by atoms with Gasteiger partial charge < -0.3 is 19.9 Å². The fraction of sp³-hybridized carbons (Fsp3) is 0.308. The number of nitrogens with one attached hydrogen (secondary N) is 1. The number of carbonyl (C=O) groups is 2. The van der Waals surface area contributed by atoms with E-state index in [0.29, 0.717) is 31.9 Å². The summed E-state index contributed by atoms with van der Waals surface area (Å²) in [5.41, 5.74) is 1.76. The molecule has 3 amide bonds. The SMILES string of the molecule is O=C(CN(CC1CCCO1)C(=O)Nc1ccccc1)N(Cc1ccccc1)Cc1cccs1. The molecule has 172 valence electrons. The summed E-state index contributed by atoms with van der Waals surface area (Å²) >= 11 is 1.63. The zero-order valence-corrected chi connectivity index (χ0v) is 19.4. The van der Waals surface area contributed by atoms with Crippen LogP contribution in [-0.4, -0.2) is 47.5 Å². The number of ether oxygens (including phenoxy) is 1. The standard InChI is InChI=1S/C26H29N3O3S/c30-25(28(19-24-14-8-16-33-24)17-21-9-3-1-4-10-21)20-29(18-23-13-7-15-32-23)26(31)27-22-11-5-2-6-12-22/h1-6,8-12,14,16,23H,7,13,15,17-20H2,(H,27,31). The number of amides is 3. The Morgan fingerprint density at radius 2 is 1.70 bits per heavy atom. The van der Waals surface area contributed by atoms with Gasteiger partial charge in [0, 0.05) is 30.3 Å². The molecule has 2 heterocycles. The van der Waals surface area contributed by atoms with Crippen LogP contribution in [0.25, 0.3) is 0 Å². The summed E-state index contributed by atoms with van der Waals surface area (Å²) in [6, 6.07) is 23.0. The van der Waals surface area contributed by atoms with Gasteiger partial charge in [-0.15, -0.1) is 11.3 Å². The number of rotatable bonds is 9. The van der Waals surface area contributed by atoms with Gasteiger partial charge in [-0.05, 0) is 42.0 Å². The largest absolute Gasteiger partial charge is 0.376 e. The van der Waals surface area contributed by atoms with Gasteiger partial charge in [-0.3, -0.25) is 4.79 Å². The van der Waals surface area contributed by atoms with Crippen LogP contribution in [0.1, 0.15) is 23.3 Å². The average Bonchev–Trinajstić information content (AvgIpc) is 3.54. The lowest BCUT2D eigenvalue weighted by atomic mass is 10.2. The number of benzene rings is 2. The number of urea groups is 1. The van der Waals surface area contributed by atoms with Crippen molar-refractivity contribution < 1.29 is 14.3 Å². The van der Waals surface area contributed by atoms with Gasteiger partial charge in [0.15, 0.2) is 0 Å². The van der Waals surface area contributed by atoms with Gasteiger partial charge in [0.05, 0.1) is 12.6 Å². The second kappa shape index (κ2) is 11.6. The molecule has 4 rings (SSSR count). The van der Waals surface area contributed by atoms with Crippen molar-refractivity contribution in [2.24, 2.45) is 0 Å². The van der Waals surface area contributed by atoms with Crippen molar-refractivity contribution in [3.63, 3.8) is 0 Å². The first kappa shape index (κ1) is 23.0. The predicted octanol–water partition coefficient (Wildman–Crippen LogP) is 4.99. The Hall–Kier alpha value is -3.16. The van der Waals surface area contributed by atoms with Crippen LogP contribution >= 0.6 is 11.3 Å². The van der Waals surface area contributed by atoms with Crippen LogP contribution in [0.2, 0.25) is 0 Å². The van der Waals surface area contributed by atoms with Gasteiger partial charge in [-0.1, -0.05) is 54.6 Å². The molecule has 0 aliphatic carbocycles. The van der Waals surface area contributed by atoms with E-state index in [9.17, 15) is 9.59 Å². The highest BCUT2D eigenvalue weighted by Gasteiger charge is 2.26. The van der Waals surface area contributed by atoms with Crippen LogP contribution in [-0.2, 0) is 22.6 Å². The number of thiophene rings is 1. The smallest absolute Gasteiger partial charge is 0.322 e. The number of hydrogen-bond acceptors (Lipinski definition) is 4. The molecule has 0 radical (unpaired) electrons. The topological polar surface area (TPSA) is 61.9 Å². The van der Waals surface area contributed by atoms with E-state index in [1.165, 1.54) is 0 Å². The Labute approximate surface area is 198 Å². The Morgan fingerprint density at radius 3 is 2.36 bits per heavy atom. The highest BCUT2D eigenvalue weighted by atomic mass is 32.1. The average molecular weight is 464 g/mol. The maximum absolute atomic E-state index is 13.5. The summed E-state index contributed by atoms with van der Waals surface area (Å²) in [4.78, 5) is 31.1. The highest BCUT2D eigenvalue weighted by Crippen LogP contribution is 2.18. The molecule has 1 saturated heterocycles. The molecule has 1 atom stereocenters. The third kappa shape index (κ3) is 6.91. The van der Waals surface area contributed by atoms with Crippen LogP contribution < -0.4 is 5.32 Å². The predicted molar refractivity (Wildman–Crippen MR) is 131 cm³/mol. The number of hydrogen-bond donors (Lipinski definition) is 1. The van der Waals surface area contributed by atoms with Crippen molar-refractivity contribution in [1.29, 1.82) is 0 Å². The lowest BCUT2D eigenvalue weighted by molar-refractivity contribution is -0.133. The number of anilines is 1. The Balaban J connectivity index is 1.49. The van der Waals surface area contributed by atoms with Gasteiger partial charge in [-0.25, -0.2) is 4.79 Å². The molecule has 33 heavy (non-hydrogen) atoms. The van der Waals surface area contributed by atoms with Crippen molar-refractivity contribution in [3.8, 4) is 0 Å². The minimum atomic E-state index is -0.291. The lowest BCUT2D eigenvalue weighted by Crippen LogP contribution is -2.46. The molecule has 0 saturated carbocycles. The molecule has 7 heteroatoms. The second-order valence-corrected chi connectivity index (χ2v) is 9.16. The van der Waals surface area contributed by atoms with Crippen molar-refractivity contribution in [3.05, 3.63) is 88.6 Å². The molecule has 0 spiro atoms. The van der Waals surface area contributed by atoms with Gasteiger partial charge in [0.25, 0.3) is 0 Å². The summed E-state index contributed by atoms with van der Waals surface area (Å²) in [5.74, 6) is -0.0894. The maximum atomic E-state index is 13.5. The molecule has 0 bridgehead atoms. The normalized spacial score (nSPS) is 15.2. The van der Waals surface area contributed by atoms with Crippen LogP contribution in [0, 0.1) is 0 Å². The van der Waals surface area contributed by atoms with Gasteiger partial charge in [0.2, 0.25) is 5.91 Å². The molecule has 6 nitrogen and oxygen atoms in total. The van der Waals surface area contributed by atoms with Crippen molar-refractivity contribution in [2.45, 2.75) is 32.0 Å². The lowest BCUT2D eigenvalue weighted by Gasteiger charge is -2.29. The first-order chi connectivity index (χ1) is 16.2. The monoisotopic (exact) mass is 463 g/mol. The fourth-order valence-electron chi connectivity index (χ4n) is 3.87. The summed E-state index contributed by atoms with van der Waals surface area (Å²) in [6.45, 7) is 2.09. The van der Waals surface area contributed by atoms with Crippen LogP contribution in [0.4, 0.5) is 10.5 Å². The quantitative estimate of drug-likeness (QED) is 0.486. The van der Waals surface area contributed by atoms with E-state index >= 15 is 0 Å². The van der Waals surface area contributed by atoms with Crippen molar-refractivity contribution in [1.82, 2.24) is 9.80 Å². The highest BCUT2D eigenvalue weighted by molar-refractivity contribution is 7.09. The fourth-order valence-corrected chi connectivity index (χ4v) is 4.59. The molecule has 1 aliphatic rings. The minimum absolute atomic E-state index is 0.00324. The van der Waals surface area contributed by atoms with Crippen molar-refractivity contribution in [2.75, 3.05) is 25.0 Å². The molecule has 1 aromatic heterocycles. The van der Waals surface area contributed by atoms with E-state index in [1.807, 2.05) is 83.1 Å². The molecule has 1 aliphatic heterocycles. The molecular weight excluding hydrogens is 434 g/mol. The summed E-state index contributed by atoms with van der Waals surface area (Å²) in [6.07, 6.45) is 1.83. The summed E-state index contributed by atoms with van der Waals surface area (Å²) < 4.78 is 5.76. The zero-order valence-electron chi connectivity index (χ0n) is 18.6. The molecule has 2 aromatic carbocycles. The van der Waals surface area contributed by atoms with E-state index in [2.05, 4.69) is 5.32 Å². The molecule has 1 unspecified atom stereocenters. The van der Waals surface area contributed by atoms with Gasteiger partial charge in [-0.2, -0.15) is 0 Å². The Morgan fingerprint density at radius 1 is 0.939 bits per heavy atom. The van der Waals surface area contributed by atoms with Crippen LogP contribution in [0.15, 0.2) is 78.2 Å². The van der Waals surface area contributed by atoms with E-state index in [-0.39, 0.29) is 24.6 Å². The molecular formula is C26H29N3O3S. The number of carbonyl (C=O) groups excluding carboxylic acids is 2. The molecule has 1 fully saturated rings. The Kier molecular flexibility index (Phi) is 8.11. The van der Waals surface area contributed by atoms with E-state index in [1.54, 1.807) is 16.2 Å². The summed E-state index contributed by atoms with van der Waals surface area (Å²) in [5, 5.41) is 4.93. The minimum Gasteiger partial charge on any atom is -0.376 e. The van der Waals surface area contributed by atoms with E-state index < -0.39 is 0 Å². The molecule has 1 N–H and O–H groups in total. The second-order valence-electron chi connectivity index (χ2n) is 8.13. The summed E-state index contributed by atoms with van der Waals surface area (Å²) in [7, 11) is 0. The van der Waals surface area contributed by atoms with Gasteiger partial charge >= 0.3 is 6.03 Å². The van der Waals surface area contributed by atoms with Crippen LogP contribution in [0.3, 0.4) is 0 Å². The maximum Gasteiger partial charge on any atom is 0.322 e. The van der Waals surface area contributed by atoms with Gasteiger partial charge in [0.1, 0.15) is 6.54 Å². The number of nitrogens with zero attached hydrogens (tertiary/aromatic N) is 2. The number of para-hydroxylation sites is 1. The zero-order chi connectivity index (χ0) is 22.9. The first-order valence-corrected chi connectivity index (χ1v) is 12.1. The van der Waals surface area contributed by atoms with E-state index in [4.69, 9.17) is 4.74 Å². The van der Waals surface area contributed by atoms with E-state index in [0.717, 1.165) is 23.3 Å². The van der Waals surface area contributed by atoms with Crippen molar-refractivity contribution >= 4 is 29.0 Å². The third-order valence-electron chi connectivity index (χ3n) is 5.58. The van der Waals surface area contributed by atoms with Crippen LogP contribution in [0.5, 0.6) is 0 Å². The molecule has 3 aromatic rings. The first-order valence-electron chi connectivity index (χ1n) is 11.2.